The molecule has 0 aliphatic carbocycles. The molecule has 1 fully saturated rings. The van der Waals surface area contributed by atoms with Gasteiger partial charge in [0.15, 0.2) is 0 Å². The Balaban J connectivity index is 2.57. The van der Waals surface area contributed by atoms with E-state index in [2.05, 4.69) is 6.92 Å². The lowest BCUT2D eigenvalue weighted by Gasteiger charge is -2.22. The molecule has 0 spiro atoms. The van der Waals surface area contributed by atoms with E-state index in [-0.39, 0.29) is 18.6 Å². The Morgan fingerprint density at radius 2 is 2.33 bits per heavy atom. The summed E-state index contributed by atoms with van der Waals surface area (Å²) < 4.78 is 0. The van der Waals surface area contributed by atoms with Crippen molar-refractivity contribution in [2.45, 2.75) is 32.7 Å². The van der Waals surface area contributed by atoms with Crippen LogP contribution in [0.3, 0.4) is 0 Å². The van der Waals surface area contributed by atoms with Crippen LogP contribution in [0, 0.1) is 5.92 Å². The molecule has 1 heterocycles. The Labute approximate surface area is 73.4 Å². The first-order valence-electron chi connectivity index (χ1n) is 4.59. The van der Waals surface area contributed by atoms with Crippen LogP contribution >= 0.6 is 0 Å². The van der Waals surface area contributed by atoms with Crippen LogP contribution in [0.1, 0.15) is 26.7 Å². The van der Waals surface area contributed by atoms with Crippen molar-refractivity contribution in [3.8, 4) is 0 Å². The first-order chi connectivity index (χ1) is 5.69. The summed E-state index contributed by atoms with van der Waals surface area (Å²) in [5.41, 5.74) is 0. The number of likely N-dealkylation sites (tertiary alicyclic amines) is 1. The summed E-state index contributed by atoms with van der Waals surface area (Å²) in [4.78, 5) is 13.2. The van der Waals surface area contributed by atoms with E-state index in [1.165, 1.54) is 0 Å². The lowest BCUT2D eigenvalue weighted by Crippen LogP contribution is -2.37. The van der Waals surface area contributed by atoms with Crippen LogP contribution in [-0.4, -0.2) is 35.1 Å². The topological polar surface area (TPSA) is 40.5 Å². The van der Waals surface area contributed by atoms with E-state index in [0.717, 1.165) is 13.0 Å². The minimum atomic E-state index is 0.0763. The third kappa shape index (κ3) is 1.78. The van der Waals surface area contributed by atoms with Crippen molar-refractivity contribution in [1.29, 1.82) is 0 Å². The molecule has 0 aromatic rings. The number of hydrogen-bond donors (Lipinski definition) is 1. The minimum Gasteiger partial charge on any atom is -0.394 e. The Morgan fingerprint density at radius 1 is 1.67 bits per heavy atom. The van der Waals surface area contributed by atoms with Crippen molar-refractivity contribution in [2.75, 3.05) is 13.2 Å². The molecule has 1 amide bonds. The van der Waals surface area contributed by atoms with Crippen molar-refractivity contribution >= 4 is 5.91 Å². The Bertz CT molecular complexity index is 170. The molecular formula is C9H17NO2. The molecule has 12 heavy (non-hydrogen) atoms. The summed E-state index contributed by atoms with van der Waals surface area (Å²) in [6.45, 7) is 4.90. The van der Waals surface area contributed by atoms with Gasteiger partial charge in [0.25, 0.3) is 0 Å². The van der Waals surface area contributed by atoms with Crippen molar-refractivity contribution in [1.82, 2.24) is 4.90 Å². The van der Waals surface area contributed by atoms with E-state index >= 15 is 0 Å². The van der Waals surface area contributed by atoms with Crippen LogP contribution in [0.5, 0.6) is 0 Å². The Morgan fingerprint density at radius 3 is 2.83 bits per heavy atom. The van der Waals surface area contributed by atoms with Gasteiger partial charge < -0.3 is 10.0 Å². The van der Waals surface area contributed by atoms with Crippen LogP contribution in [0.25, 0.3) is 0 Å². The van der Waals surface area contributed by atoms with Gasteiger partial charge in [-0.2, -0.15) is 0 Å². The lowest BCUT2D eigenvalue weighted by molar-refractivity contribution is -0.132. The highest BCUT2D eigenvalue weighted by Gasteiger charge is 2.31. The van der Waals surface area contributed by atoms with Gasteiger partial charge in [-0.15, -0.1) is 0 Å². The SMILES string of the molecule is CCC(=O)N1C[C@@H](C)C[C@H]1CO. The molecule has 2 atom stereocenters. The van der Waals surface area contributed by atoms with Gasteiger partial charge in [0, 0.05) is 13.0 Å². The van der Waals surface area contributed by atoms with Gasteiger partial charge >= 0.3 is 0 Å². The van der Waals surface area contributed by atoms with E-state index < -0.39 is 0 Å². The predicted molar refractivity (Wildman–Crippen MR) is 46.7 cm³/mol. The molecule has 3 heteroatoms. The molecule has 1 aliphatic heterocycles. The van der Waals surface area contributed by atoms with E-state index in [4.69, 9.17) is 5.11 Å². The molecule has 1 saturated heterocycles. The summed E-state index contributed by atoms with van der Waals surface area (Å²) >= 11 is 0. The zero-order valence-corrected chi connectivity index (χ0v) is 7.79. The number of rotatable bonds is 2. The number of hydrogen-bond acceptors (Lipinski definition) is 2. The number of amides is 1. The molecule has 0 aromatic carbocycles. The highest BCUT2D eigenvalue weighted by Crippen LogP contribution is 2.22. The average Bonchev–Trinajstić information content (AvgIpc) is 2.45. The maximum atomic E-state index is 11.3. The monoisotopic (exact) mass is 171 g/mol. The maximum Gasteiger partial charge on any atom is 0.222 e. The maximum absolute atomic E-state index is 11.3. The molecule has 1 N–H and O–H groups in total. The van der Waals surface area contributed by atoms with Crippen molar-refractivity contribution in [2.24, 2.45) is 5.92 Å². The normalized spacial score (nSPS) is 29.4. The minimum absolute atomic E-state index is 0.0763. The molecule has 0 unspecified atom stereocenters. The van der Waals surface area contributed by atoms with Crippen LogP contribution < -0.4 is 0 Å². The highest BCUT2D eigenvalue weighted by atomic mass is 16.3. The third-order valence-corrected chi connectivity index (χ3v) is 2.46. The van der Waals surface area contributed by atoms with Gasteiger partial charge in [-0.25, -0.2) is 0 Å². The predicted octanol–water partition coefficient (Wildman–Crippen LogP) is 0.626. The number of carbonyl (C=O) groups is 1. The van der Waals surface area contributed by atoms with Gasteiger partial charge in [0.05, 0.1) is 12.6 Å². The van der Waals surface area contributed by atoms with Crippen molar-refractivity contribution in [3.63, 3.8) is 0 Å². The first-order valence-corrected chi connectivity index (χ1v) is 4.59. The van der Waals surface area contributed by atoms with E-state index in [1.54, 1.807) is 0 Å². The average molecular weight is 171 g/mol. The second kappa shape index (κ2) is 3.90. The fourth-order valence-electron chi connectivity index (χ4n) is 1.83. The van der Waals surface area contributed by atoms with Crippen LogP contribution in [-0.2, 0) is 4.79 Å². The van der Waals surface area contributed by atoms with Gasteiger partial charge in [-0.1, -0.05) is 13.8 Å². The lowest BCUT2D eigenvalue weighted by atomic mass is 10.1. The van der Waals surface area contributed by atoms with E-state index in [0.29, 0.717) is 12.3 Å². The summed E-state index contributed by atoms with van der Waals surface area (Å²) in [6, 6.07) is 0.0763. The zero-order chi connectivity index (χ0) is 9.14. The standard InChI is InChI=1S/C9H17NO2/c1-3-9(12)10-5-7(2)4-8(10)6-11/h7-8,11H,3-6H2,1-2H3/t7-,8-/m0/s1. The summed E-state index contributed by atoms with van der Waals surface area (Å²) in [7, 11) is 0. The smallest absolute Gasteiger partial charge is 0.222 e. The fraction of sp³-hybridized carbons (Fsp3) is 0.889. The van der Waals surface area contributed by atoms with Gasteiger partial charge in [-0.05, 0) is 12.3 Å². The quantitative estimate of drug-likeness (QED) is 0.662. The second-order valence-corrected chi connectivity index (χ2v) is 3.58. The molecule has 3 nitrogen and oxygen atoms in total. The summed E-state index contributed by atoms with van der Waals surface area (Å²) in [6.07, 6.45) is 1.49. The molecule has 70 valence electrons. The fourth-order valence-corrected chi connectivity index (χ4v) is 1.83. The Hall–Kier alpha value is -0.570. The molecule has 0 saturated carbocycles. The first kappa shape index (κ1) is 9.52. The van der Waals surface area contributed by atoms with Crippen LogP contribution in [0.4, 0.5) is 0 Å². The number of aliphatic hydroxyl groups is 1. The highest BCUT2D eigenvalue weighted by molar-refractivity contribution is 5.76. The molecule has 0 bridgehead atoms. The second-order valence-electron chi connectivity index (χ2n) is 3.58. The van der Waals surface area contributed by atoms with E-state index in [1.807, 2.05) is 11.8 Å². The molecule has 1 aliphatic rings. The molecule has 0 aromatic heterocycles. The van der Waals surface area contributed by atoms with Crippen molar-refractivity contribution in [3.05, 3.63) is 0 Å². The van der Waals surface area contributed by atoms with Gasteiger partial charge in [0.2, 0.25) is 5.91 Å². The number of aliphatic hydroxyl groups excluding tert-OH is 1. The third-order valence-electron chi connectivity index (χ3n) is 2.46. The largest absolute Gasteiger partial charge is 0.394 e. The van der Waals surface area contributed by atoms with Gasteiger partial charge in [-0.3, -0.25) is 4.79 Å². The molecule has 0 radical (unpaired) electrons. The molecular weight excluding hydrogens is 154 g/mol. The number of carbonyl (C=O) groups excluding carboxylic acids is 1. The molecule has 1 rings (SSSR count). The summed E-state index contributed by atoms with van der Waals surface area (Å²) in [5.74, 6) is 0.705. The van der Waals surface area contributed by atoms with Crippen molar-refractivity contribution < 1.29 is 9.90 Å². The van der Waals surface area contributed by atoms with E-state index in [9.17, 15) is 4.79 Å². The zero-order valence-electron chi connectivity index (χ0n) is 7.79. The number of nitrogens with zero attached hydrogens (tertiary/aromatic N) is 1. The summed E-state index contributed by atoms with van der Waals surface area (Å²) in [5, 5.41) is 9.00. The van der Waals surface area contributed by atoms with Gasteiger partial charge in [0.1, 0.15) is 0 Å². The van der Waals surface area contributed by atoms with Crippen LogP contribution in [0.15, 0.2) is 0 Å². The van der Waals surface area contributed by atoms with Crippen LogP contribution in [0.2, 0.25) is 0 Å². The Kier molecular flexibility index (Phi) is 3.09.